The summed E-state index contributed by atoms with van der Waals surface area (Å²) < 4.78 is 5.96. The van der Waals surface area contributed by atoms with E-state index in [0.717, 1.165) is 42.4 Å². The summed E-state index contributed by atoms with van der Waals surface area (Å²) in [6.45, 7) is 3.92. The zero-order chi connectivity index (χ0) is 27.1. The van der Waals surface area contributed by atoms with Crippen LogP contribution in [0, 0.1) is 13.8 Å². The number of halogens is 2. The molecule has 0 aromatic heterocycles. The van der Waals surface area contributed by atoms with Gasteiger partial charge in [0.2, 0.25) is 5.91 Å². The van der Waals surface area contributed by atoms with Gasteiger partial charge in [-0.3, -0.25) is 9.59 Å². The lowest BCUT2D eigenvalue weighted by molar-refractivity contribution is -0.143. The lowest BCUT2D eigenvalue weighted by Crippen LogP contribution is -2.53. The Morgan fingerprint density at radius 1 is 1.00 bits per heavy atom. The third-order valence-corrected chi connectivity index (χ3v) is 7.60. The quantitative estimate of drug-likeness (QED) is 0.305. The first-order chi connectivity index (χ1) is 18.3. The Labute approximate surface area is 235 Å². The molecule has 200 valence electrons. The topological polar surface area (TPSA) is 58.6 Å². The molecular formula is C31H34Cl2N2O3. The summed E-state index contributed by atoms with van der Waals surface area (Å²) in [4.78, 5) is 29.1. The number of carbonyl (C=O) groups is 2. The van der Waals surface area contributed by atoms with Gasteiger partial charge in [0.05, 0.1) is 0 Å². The molecule has 3 aromatic carbocycles. The zero-order valence-electron chi connectivity index (χ0n) is 21.9. The fourth-order valence-electron chi connectivity index (χ4n) is 4.94. The molecule has 3 aromatic rings. The van der Waals surface area contributed by atoms with E-state index >= 15 is 0 Å². The second kappa shape index (κ2) is 13.2. The molecule has 38 heavy (non-hydrogen) atoms. The molecule has 5 nitrogen and oxygen atoms in total. The lowest BCUT2D eigenvalue weighted by atomic mass is 10.0. The summed E-state index contributed by atoms with van der Waals surface area (Å²) in [5.74, 6) is 0.188. The number of hydrogen-bond acceptors (Lipinski definition) is 3. The number of amides is 2. The van der Waals surface area contributed by atoms with E-state index in [4.69, 9.17) is 27.9 Å². The molecule has 0 aliphatic heterocycles. The molecule has 1 N–H and O–H groups in total. The summed E-state index contributed by atoms with van der Waals surface area (Å²) in [6.07, 6.45) is 4.48. The molecule has 1 aliphatic carbocycles. The Bertz CT molecular complexity index is 1260. The number of hydrogen-bond donors (Lipinski definition) is 1. The normalized spacial score (nSPS) is 14.2. The minimum atomic E-state index is -0.736. The second-order valence-corrected chi connectivity index (χ2v) is 10.9. The monoisotopic (exact) mass is 552 g/mol. The standard InChI is InChI=1S/C31H34Cl2N2O3/c1-21-12-15-29(22(2)16-21)38-20-30(36)35(19-24-13-14-25(32)18-27(24)33)28(17-23-8-4-3-5-9-23)31(37)34-26-10-6-7-11-26/h3-5,8-9,12-16,18,26,28H,6-7,10-11,17,19-20H2,1-2H3,(H,34,37)/t28-/m0/s1. The smallest absolute Gasteiger partial charge is 0.261 e. The van der Waals surface area contributed by atoms with Gasteiger partial charge in [-0.15, -0.1) is 0 Å². The molecule has 7 heteroatoms. The molecule has 0 heterocycles. The minimum absolute atomic E-state index is 0.128. The van der Waals surface area contributed by atoms with E-state index in [9.17, 15) is 9.59 Å². The number of nitrogens with zero attached hydrogens (tertiary/aromatic N) is 1. The van der Waals surface area contributed by atoms with Crippen LogP contribution >= 0.6 is 23.2 Å². The van der Waals surface area contributed by atoms with Crippen LogP contribution in [0.2, 0.25) is 10.0 Å². The Balaban J connectivity index is 1.64. The molecule has 0 bridgehead atoms. The van der Waals surface area contributed by atoms with E-state index in [2.05, 4.69) is 5.32 Å². The molecule has 0 spiro atoms. The van der Waals surface area contributed by atoms with Crippen molar-refractivity contribution in [2.45, 2.75) is 64.6 Å². The maximum Gasteiger partial charge on any atom is 0.261 e. The average Bonchev–Trinajstić information content (AvgIpc) is 3.40. The molecule has 4 rings (SSSR count). The fourth-order valence-corrected chi connectivity index (χ4v) is 5.41. The van der Waals surface area contributed by atoms with Gasteiger partial charge in [-0.25, -0.2) is 0 Å². The molecule has 1 aliphatic rings. The Kier molecular flexibility index (Phi) is 9.70. The van der Waals surface area contributed by atoms with Gasteiger partial charge < -0.3 is 15.0 Å². The Morgan fingerprint density at radius 2 is 1.74 bits per heavy atom. The summed E-state index contributed by atoms with van der Waals surface area (Å²) in [5, 5.41) is 4.16. The van der Waals surface area contributed by atoms with E-state index in [1.54, 1.807) is 23.1 Å². The van der Waals surface area contributed by atoms with Crippen LogP contribution in [0.1, 0.15) is 47.9 Å². The van der Waals surface area contributed by atoms with Crippen molar-refractivity contribution in [1.82, 2.24) is 10.2 Å². The first-order valence-corrected chi connectivity index (χ1v) is 13.8. The van der Waals surface area contributed by atoms with Crippen LogP contribution in [0.25, 0.3) is 0 Å². The highest BCUT2D eigenvalue weighted by Gasteiger charge is 2.32. The number of rotatable bonds is 10. The van der Waals surface area contributed by atoms with Gasteiger partial charge in [0, 0.05) is 29.1 Å². The van der Waals surface area contributed by atoms with E-state index in [1.807, 2.05) is 62.4 Å². The van der Waals surface area contributed by atoms with Crippen molar-refractivity contribution >= 4 is 35.0 Å². The Morgan fingerprint density at radius 3 is 2.42 bits per heavy atom. The van der Waals surface area contributed by atoms with Crippen LogP contribution in [0.3, 0.4) is 0 Å². The predicted molar refractivity (Wildman–Crippen MR) is 153 cm³/mol. The fraction of sp³-hybridized carbons (Fsp3) is 0.355. The van der Waals surface area contributed by atoms with Gasteiger partial charge in [0.1, 0.15) is 11.8 Å². The first-order valence-electron chi connectivity index (χ1n) is 13.1. The Hall–Kier alpha value is -3.02. The third-order valence-electron chi connectivity index (χ3n) is 7.01. The summed E-state index contributed by atoms with van der Waals surface area (Å²) >= 11 is 12.6. The summed E-state index contributed by atoms with van der Waals surface area (Å²) in [5.41, 5.74) is 3.74. The molecular weight excluding hydrogens is 519 g/mol. The highest BCUT2D eigenvalue weighted by molar-refractivity contribution is 6.35. The lowest BCUT2D eigenvalue weighted by Gasteiger charge is -2.32. The van der Waals surface area contributed by atoms with Gasteiger partial charge in [0.15, 0.2) is 6.61 Å². The number of aryl methyl sites for hydroxylation is 2. The van der Waals surface area contributed by atoms with Crippen molar-refractivity contribution in [3.63, 3.8) is 0 Å². The van der Waals surface area contributed by atoms with Gasteiger partial charge >= 0.3 is 0 Å². The average molecular weight is 554 g/mol. The second-order valence-electron chi connectivity index (χ2n) is 10.0. The van der Waals surface area contributed by atoms with E-state index in [0.29, 0.717) is 27.8 Å². The van der Waals surface area contributed by atoms with Crippen LogP contribution in [0.4, 0.5) is 0 Å². The summed E-state index contributed by atoms with van der Waals surface area (Å²) in [7, 11) is 0. The van der Waals surface area contributed by atoms with Crippen molar-refractivity contribution in [1.29, 1.82) is 0 Å². The van der Waals surface area contributed by atoms with Crippen LogP contribution < -0.4 is 10.1 Å². The highest BCUT2D eigenvalue weighted by atomic mass is 35.5. The van der Waals surface area contributed by atoms with Crippen LogP contribution in [0.5, 0.6) is 5.75 Å². The van der Waals surface area contributed by atoms with E-state index in [-0.39, 0.29) is 31.0 Å². The van der Waals surface area contributed by atoms with Crippen molar-refractivity contribution < 1.29 is 14.3 Å². The van der Waals surface area contributed by atoms with Crippen molar-refractivity contribution in [3.05, 3.63) is 99.0 Å². The van der Waals surface area contributed by atoms with Crippen molar-refractivity contribution in [3.8, 4) is 5.75 Å². The molecule has 1 saturated carbocycles. The first kappa shape index (κ1) is 28.0. The van der Waals surface area contributed by atoms with Crippen molar-refractivity contribution in [2.75, 3.05) is 6.61 Å². The number of carbonyl (C=O) groups excluding carboxylic acids is 2. The minimum Gasteiger partial charge on any atom is -0.483 e. The van der Waals surface area contributed by atoms with Crippen molar-refractivity contribution in [2.24, 2.45) is 0 Å². The largest absolute Gasteiger partial charge is 0.483 e. The molecule has 0 radical (unpaired) electrons. The molecule has 0 saturated heterocycles. The van der Waals surface area contributed by atoms with Gasteiger partial charge in [-0.2, -0.15) is 0 Å². The van der Waals surface area contributed by atoms with E-state index < -0.39 is 6.04 Å². The zero-order valence-corrected chi connectivity index (χ0v) is 23.4. The van der Waals surface area contributed by atoms with Gasteiger partial charge in [0.25, 0.3) is 5.91 Å². The maximum atomic E-state index is 13.8. The van der Waals surface area contributed by atoms with Crippen LogP contribution in [-0.2, 0) is 22.6 Å². The molecule has 0 unspecified atom stereocenters. The maximum absolute atomic E-state index is 13.8. The van der Waals surface area contributed by atoms with Crippen LogP contribution in [-0.4, -0.2) is 35.4 Å². The van der Waals surface area contributed by atoms with Gasteiger partial charge in [-0.05, 0) is 61.6 Å². The summed E-state index contributed by atoms with van der Waals surface area (Å²) in [6, 6.07) is 20.2. The number of ether oxygens (including phenoxy) is 1. The molecule has 1 atom stereocenters. The molecule has 2 amide bonds. The SMILES string of the molecule is Cc1ccc(OCC(=O)N(Cc2ccc(Cl)cc2Cl)[C@@H](Cc2ccccc2)C(=O)NC2CCCC2)c(C)c1. The van der Waals surface area contributed by atoms with Gasteiger partial charge in [-0.1, -0.05) is 90.1 Å². The number of benzene rings is 3. The third kappa shape index (κ3) is 7.52. The molecule has 1 fully saturated rings. The highest BCUT2D eigenvalue weighted by Crippen LogP contribution is 2.25. The van der Waals surface area contributed by atoms with E-state index in [1.165, 1.54) is 0 Å². The predicted octanol–water partition coefficient (Wildman–Crippen LogP) is 6.69. The van der Waals surface area contributed by atoms with Crippen LogP contribution in [0.15, 0.2) is 66.7 Å². The number of nitrogens with one attached hydrogen (secondary N) is 1.